The summed E-state index contributed by atoms with van der Waals surface area (Å²) >= 11 is 0. The molecule has 4 atom stereocenters. The number of hydrogen-bond acceptors (Lipinski definition) is 7. The van der Waals surface area contributed by atoms with Gasteiger partial charge in [0.25, 0.3) is 0 Å². The van der Waals surface area contributed by atoms with Crippen molar-refractivity contribution in [2.24, 2.45) is 0 Å². The van der Waals surface area contributed by atoms with Crippen molar-refractivity contribution in [1.82, 2.24) is 4.90 Å². The normalized spacial score (nSPS) is 31.7. The van der Waals surface area contributed by atoms with Crippen LogP contribution in [0.3, 0.4) is 0 Å². The van der Waals surface area contributed by atoms with Crippen LogP contribution in [0.5, 0.6) is 23.0 Å². The molecule has 0 amide bonds. The lowest BCUT2D eigenvalue weighted by Gasteiger charge is -2.47. The van der Waals surface area contributed by atoms with Crippen LogP contribution in [0.1, 0.15) is 54.2 Å². The number of benzene rings is 2. The Morgan fingerprint density at radius 3 is 2.43 bits per heavy atom. The zero-order valence-corrected chi connectivity index (χ0v) is 17.1. The van der Waals surface area contributed by atoms with Crippen LogP contribution in [0.4, 0.5) is 0 Å². The van der Waals surface area contributed by atoms with Crippen molar-refractivity contribution in [1.29, 1.82) is 0 Å². The molecule has 2 aromatic carbocycles. The first kappa shape index (κ1) is 17.2. The second-order valence-electron chi connectivity index (χ2n) is 9.11. The quantitative estimate of drug-likeness (QED) is 0.659. The van der Waals surface area contributed by atoms with Crippen molar-refractivity contribution in [3.05, 3.63) is 46.5 Å². The molecule has 0 saturated carbocycles. The SMILES string of the molecule is CN1Cc2c(ccc3c2OCO3)[C@@H]2[C@@H]3OC(C)(C)O[C@@H]3c3cc4c(cc3[C@@H]21)OCO4. The van der Waals surface area contributed by atoms with Crippen molar-refractivity contribution in [2.45, 2.75) is 50.3 Å². The van der Waals surface area contributed by atoms with Gasteiger partial charge in [-0.15, -0.1) is 0 Å². The van der Waals surface area contributed by atoms with E-state index in [0.717, 1.165) is 35.1 Å². The van der Waals surface area contributed by atoms with Gasteiger partial charge in [0.1, 0.15) is 12.2 Å². The van der Waals surface area contributed by atoms with Gasteiger partial charge in [0.15, 0.2) is 28.8 Å². The second kappa shape index (κ2) is 5.60. The predicted octanol–water partition coefficient (Wildman–Crippen LogP) is 3.62. The van der Waals surface area contributed by atoms with Crippen LogP contribution in [0, 0.1) is 0 Å². The van der Waals surface area contributed by atoms with E-state index in [4.69, 9.17) is 28.4 Å². The topological polar surface area (TPSA) is 58.6 Å². The molecule has 7 heteroatoms. The Bertz CT molecular complexity index is 1080. The van der Waals surface area contributed by atoms with E-state index in [0.29, 0.717) is 0 Å². The predicted molar refractivity (Wildman–Crippen MR) is 105 cm³/mol. The molecule has 4 aliphatic heterocycles. The highest BCUT2D eigenvalue weighted by molar-refractivity contribution is 5.58. The van der Waals surface area contributed by atoms with E-state index in [1.807, 2.05) is 19.9 Å². The molecule has 7 nitrogen and oxygen atoms in total. The Morgan fingerprint density at radius 1 is 0.867 bits per heavy atom. The third-order valence-electron chi connectivity index (χ3n) is 6.95. The summed E-state index contributed by atoms with van der Waals surface area (Å²) in [5.74, 6) is 2.71. The Kier molecular flexibility index (Phi) is 3.22. The van der Waals surface area contributed by atoms with Gasteiger partial charge < -0.3 is 28.4 Å². The number of rotatable bonds is 0. The van der Waals surface area contributed by atoms with Gasteiger partial charge in [0.2, 0.25) is 13.6 Å². The summed E-state index contributed by atoms with van der Waals surface area (Å²) in [6.45, 7) is 5.28. The minimum atomic E-state index is -0.662. The Labute approximate surface area is 174 Å². The number of ether oxygens (including phenoxy) is 6. The monoisotopic (exact) mass is 409 g/mol. The number of fused-ring (bicyclic) bond motifs is 11. The van der Waals surface area contributed by atoms with E-state index in [1.165, 1.54) is 16.7 Å². The Hall–Kier alpha value is -2.48. The minimum Gasteiger partial charge on any atom is -0.454 e. The first-order valence-corrected chi connectivity index (χ1v) is 10.4. The van der Waals surface area contributed by atoms with Crippen LogP contribution in [0.15, 0.2) is 24.3 Å². The molecule has 7 rings (SSSR count). The van der Waals surface area contributed by atoms with Crippen molar-refractivity contribution < 1.29 is 28.4 Å². The summed E-state index contributed by atoms with van der Waals surface area (Å²) in [7, 11) is 2.16. The standard InChI is InChI=1S/C23H23NO6/c1-23(2)29-21-13-7-17-16(26-9-27-17)6-12(13)19-18(22(21)30-23)11-4-5-15-20(28-10-25-15)14(11)8-24(19)3/h4-7,18-19,21-22H,8-10H2,1-3H3/t18-,19-,21+,22-/m0/s1. The smallest absolute Gasteiger partial charge is 0.231 e. The summed E-state index contributed by atoms with van der Waals surface area (Å²) < 4.78 is 35.8. The van der Waals surface area contributed by atoms with Crippen molar-refractivity contribution in [3.63, 3.8) is 0 Å². The molecule has 1 aliphatic carbocycles. The number of hydrogen-bond donors (Lipinski definition) is 0. The molecule has 0 unspecified atom stereocenters. The number of nitrogens with zero attached hydrogens (tertiary/aromatic N) is 1. The first-order valence-electron chi connectivity index (χ1n) is 10.4. The molecular weight excluding hydrogens is 386 g/mol. The third kappa shape index (κ3) is 2.15. The van der Waals surface area contributed by atoms with E-state index < -0.39 is 5.79 Å². The molecule has 0 radical (unpaired) electrons. The maximum atomic E-state index is 6.53. The van der Waals surface area contributed by atoms with Gasteiger partial charge >= 0.3 is 0 Å². The van der Waals surface area contributed by atoms with Gasteiger partial charge in [-0.2, -0.15) is 0 Å². The molecule has 4 heterocycles. The van der Waals surface area contributed by atoms with Gasteiger partial charge in [-0.3, -0.25) is 4.90 Å². The lowest BCUT2D eigenvalue weighted by Crippen LogP contribution is -2.44. The molecule has 5 aliphatic rings. The van der Waals surface area contributed by atoms with Crippen LogP contribution in [-0.4, -0.2) is 37.4 Å². The lowest BCUT2D eigenvalue weighted by atomic mass is 9.69. The molecule has 30 heavy (non-hydrogen) atoms. The summed E-state index contributed by atoms with van der Waals surface area (Å²) in [6, 6.07) is 8.56. The third-order valence-corrected chi connectivity index (χ3v) is 6.95. The molecule has 0 N–H and O–H groups in total. The highest BCUT2D eigenvalue weighted by atomic mass is 16.8. The molecular formula is C23H23NO6. The first-order chi connectivity index (χ1) is 14.5. The van der Waals surface area contributed by atoms with E-state index in [-0.39, 0.29) is 37.8 Å². The van der Waals surface area contributed by atoms with Crippen LogP contribution < -0.4 is 18.9 Å². The Balaban J connectivity index is 1.46. The maximum absolute atomic E-state index is 6.53. The van der Waals surface area contributed by atoms with Gasteiger partial charge in [-0.25, -0.2) is 0 Å². The fourth-order valence-electron chi connectivity index (χ4n) is 5.87. The molecule has 1 saturated heterocycles. The van der Waals surface area contributed by atoms with Crippen LogP contribution in [0.2, 0.25) is 0 Å². The molecule has 2 aromatic rings. The van der Waals surface area contributed by atoms with Crippen molar-refractivity contribution in [2.75, 3.05) is 20.6 Å². The van der Waals surface area contributed by atoms with Crippen LogP contribution >= 0.6 is 0 Å². The van der Waals surface area contributed by atoms with E-state index in [1.54, 1.807) is 0 Å². The van der Waals surface area contributed by atoms with E-state index >= 15 is 0 Å². The average Bonchev–Trinajstić information content (AvgIpc) is 3.42. The largest absolute Gasteiger partial charge is 0.454 e. The fraction of sp³-hybridized carbons (Fsp3) is 0.478. The summed E-state index contributed by atoms with van der Waals surface area (Å²) in [5, 5.41) is 0. The highest BCUT2D eigenvalue weighted by Crippen LogP contribution is 2.60. The molecule has 1 fully saturated rings. The van der Waals surface area contributed by atoms with Crippen LogP contribution in [-0.2, 0) is 16.0 Å². The molecule has 0 bridgehead atoms. The zero-order chi connectivity index (χ0) is 20.2. The molecule has 156 valence electrons. The second-order valence-corrected chi connectivity index (χ2v) is 9.11. The van der Waals surface area contributed by atoms with E-state index in [2.05, 4.69) is 30.1 Å². The highest BCUT2D eigenvalue weighted by Gasteiger charge is 2.56. The van der Waals surface area contributed by atoms with Crippen molar-refractivity contribution >= 4 is 0 Å². The lowest BCUT2D eigenvalue weighted by molar-refractivity contribution is -0.149. The molecule has 0 spiro atoms. The van der Waals surface area contributed by atoms with Crippen LogP contribution in [0.25, 0.3) is 0 Å². The summed E-state index contributed by atoms with van der Waals surface area (Å²) in [4.78, 5) is 2.38. The van der Waals surface area contributed by atoms with Crippen molar-refractivity contribution in [3.8, 4) is 23.0 Å². The van der Waals surface area contributed by atoms with Gasteiger partial charge in [-0.1, -0.05) is 6.07 Å². The van der Waals surface area contributed by atoms with E-state index in [9.17, 15) is 0 Å². The minimum absolute atomic E-state index is 0.105. The fourth-order valence-corrected chi connectivity index (χ4v) is 5.87. The Morgan fingerprint density at radius 2 is 1.60 bits per heavy atom. The zero-order valence-electron chi connectivity index (χ0n) is 17.1. The average molecular weight is 409 g/mol. The summed E-state index contributed by atoms with van der Waals surface area (Å²) in [6.07, 6.45) is -0.282. The maximum Gasteiger partial charge on any atom is 0.231 e. The molecule has 0 aromatic heterocycles. The van der Waals surface area contributed by atoms with Gasteiger partial charge in [0.05, 0.1) is 0 Å². The van der Waals surface area contributed by atoms with Gasteiger partial charge in [-0.05, 0) is 55.8 Å². The summed E-state index contributed by atoms with van der Waals surface area (Å²) in [5.41, 5.74) is 4.79. The van der Waals surface area contributed by atoms with Gasteiger partial charge in [0, 0.05) is 24.1 Å². The number of likely N-dealkylation sites (N-methyl/N-ethyl adjacent to an activating group) is 1.